The van der Waals surface area contributed by atoms with E-state index < -0.39 is 12.1 Å². The summed E-state index contributed by atoms with van der Waals surface area (Å²) in [5, 5.41) is 7.12. The Hall–Kier alpha value is -2.05. The molecule has 0 bridgehead atoms. The van der Waals surface area contributed by atoms with Crippen LogP contribution in [0.1, 0.15) is 67.3 Å². The minimum Gasteiger partial charge on any atom is -0.475 e. The van der Waals surface area contributed by atoms with E-state index in [9.17, 15) is 18.0 Å². The second-order valence-corrected chi connectivity index (χ2v) is 6.57. The molecule has 1 aromatic carbocycles. The molecule has 1 aromatic rings. The van der Waals surface area contributed by atoms with E-state index in [0.717, 1.165) is 17.9 Å². The summed E-state index contributed by atoms with van der Waals surface area (Å²) in [6.07, 6.45) is 6.84. The van der Waals surface area contributed by atoms with E-state index in [1.807, 2.05) is 24.3 Å². The van der Waals surface area contributed by atoms with Crippen LogP contribution in [-0.4, -0.2) is 23.2 Å². The predicted octanol–water partition coefficient (Wildman–Crippen LogP) is 4.71. The van der Waals surface area contributed by atoms with Crippen molar-refractivity contribution in [3.63, 3.8) is 0 Å². The third kappa shape index (κ3) is 8.36. The van der Waals surface area contributed by atoms with Crippen LogP contribution < -0.4 is 5.73 Å². The fraction of sp³-hybridized carbons (Fsp3) is 0.579. The van der Waals surface area contributed by atoms with Crippen LogP contribution in [0.3, 0.4) is 0 Å². The van der Waals surface area contributed by atoms with Crippen molar-refractivity contribution in [2.24, 2.45) is 11.7 Å². The van der Waals surface area contributed by atoms with Crippen molar-refractivity contribution in [1.82, 2.24) is 0 Å². The van der Waals surface area contributed by atoms with Crippen LogP contribution in [0.25, 0.3) is 0 Å². The lowest BCUT2D eigenvalue weighted by atomic mass is 9.85. The van der Waals surface area contributed by atoms with Crippen molar-refractivity contribution in [3.05, 3.63) is 35.4 Å². The smallest absolute Gasteiger partial charge is 0.475 e. The number of nitrogens with two attached hydrogens (primary N) is 1. The van der Waals surface area contributed by atoms with Crippen molar-refractivity contribution in [3.8, 4) is 0 Å². The van der Waals surface area contributed by atoms with Crippen LogP contribution >= 0.6 is 0 Å². The zero-order valence-corrected chi connectivity index (χ0v) is 14.7. The van der Waals surface area contributed by atoms with Gasteiger partial charge in [0, 0.05) is 5.56 Å². The number of benzene rings is 1. The zero-order valence-electron chi connectivity index (χ0n) is 14.7. The monoisotopic (exact) mass is 373 g/mol. The number of carbonyl (C=O) groups is 2. The summed E-state index contributed by atoms with van der Waals surface area (Å²) < 4.78 is 31.7. The lowest BCUT2D eigenvalue weighted by Gasteiger charge is -2.21. The van der Waals surface area contributed by atoms with Gasteiger partial charge in [0.1, 0.15) is 0 Å². The zero-order chi connectivity index (χ0) is 19.6. The first-order chi connectivity index (χ1) is 12.2. The van der Waals surface area contributed by atoms with Crippen molar-refractivity contribution in [1.29, 1.82) is 0 Å². The molecule has 0 spiro atoms. The average Bonchev–Trinajstić information content (AvgIpc) is 2.59. The standard InChI is InChI=1S/C17H25NO.C2HF3O2/c18-17(19)16-13-7-6-12-15(16)11-5-4-10-14-8-2-1-3-9-14;3-2(4,5)1(6)7/h6-7,12-14H,1-5,8-11H2,(H2,18,19);(H,6,7). The molecule has 0 atom stereocenters. The molecule has 26 heavy (non-hydrogen) atoms. The van der Waals surface area contributed by atoms with Crippen LogP contribution in [0.2, 0.25) is 0 Å². The predicted molar refractivity (Wildman–Crippen MR) is 92.8 cm³/mol. The highest BCUT2D eigenvalue weighted by molar-refractivity contribution is 5.94. The van der Waals surface area contributed by atoms with Gasteiger partial charge in [-0.05, 0) is 30.4 Å². The molecule has 1 aliphatic carbocycles. The summed E-state index contributed by atoms with van der Waals surface area (Å²) in [6, 6.07) is 7.73. The van der Waals surface area contributed by atoms with Gasteiger partial charge in [-0.15, -0.1) is 0 Å². The quantitative estimate of drug-likeness (QED) is 0.709. The Bertz CT molecular complexity index is 582. The van der Waals surface area contributed by atoms with E-state index in [-0.39, 0.29) is 5.91 Å². The minimum absolute atomic E-state index is 0.303. The summed E-state index contributed by atoms with van der Waals surface area (Å²) in [5.74, 6) is -2.10. The van der Waals surface area contributed by atoms with Gasteiger partial charge in [-0.25, -0.2) is 4.79 Å². The molecule has 0 heterocycles. The first-order valence-electron chi connectivity index (χ1n) is 8.89. The lowest BCUT2D eigenvalue weighted by molar-refractivity contribution is -0.192. The van der Waals surface area contributed by atoms with Crippen LogP contribution in [0.15, 0.2) is 24.3 Å². The highest BCUT2D eigenvalue weighted by atomic mass is 19.4. The topological polar surface area (TPSA) is 80.4 Å². The Kier molecular flexibility index (Phi) is 9.16. The number of rotatable bonds is 6. The SMILES string of the molecule is NC(=O)c1ccccc1CCCCC1CCCCC1.O=C(O)C(F)(F)F. The summed E-state index contributed by atoms with van der Waals surface area (Å²) >= 11 is 0. The van der Waals surface area contributed by atoms with Gasteiger partial charge in [-0.2, -0.15) is 13.2 Å². The van der Waals surface area contributed by atoms with E-state index in [1.165, 1.54) is 51.4 Å². The normalized spacial score (nSPS) is 15.0. The molecule has 146 valence electrons. The number of amides is 1. The van der Waals surface area contributed by atoms with E-state index in [2.05, 4.69) is 0 Å². The number of carboxylic acid groups (broad SMARTS) is 1. The van der Waals surface area contributed by atoms with E-state index in [1.54, 1.807) is 0 Å². The van der Waals surface area contributed by atoms with Crippen LogP contribution in [0, 0.1) is 5.92 Å². The molecular formula is C19H26F3NO3. The summed E-state index contributed by atoms with van der Waals surface area (Å²) in [7, 11) is 0. The van der Waals surface area contributed by atoms with Crippen molar-refractivity contribution < 1.29 is 27.9 Å². The van der Waals surface area contributed by atoms with E-state index >= 15 is 0 Å². The van der Waals surface area contributed by atoms with Crippen LogP contribution in [0.5, 0.6) is 0 Å². The number of aryl methyl sites for hydroxylation is 1. The van der Waals surface area contributed by atoms with Crippen LogP contribution in [0.4, 0.5) is 13.2 Å². The van der Waals surface area contributed by atoms with Gasteiger partial charge in [0.05, 0.1) is 0 Å². The molecule has 1 aliphatic rings. The Morgan fingerprint density at radius 2 is 1.65 bits per heavy atom. The first-order valence-corrected chi connectivity index (χ1v) is 8.89. The molecular weight excluding hydrogens is 347 g/mol. The van der Waals surface area contributed by atoms with Gasteiger partial charge >= 0.3 is 12.1 Å². The number of hydrogen-bond donors (Lipinski definition) is 2. The highest BCUT2D eigenvalue weighted by Crippen LogP contribution is 2.28. The minimum atomic E-state index is -5.08. The maximum absolute atomic E-state index is 11.3. The third-order valence-electron chi connectivity index (χ3n) is 4.56. The summed E-state index contributed by atoms with van der Waals surface area (Å²) in [5.41, 5.74) is 7.20. The van der Waals surface area contributed by atoms with Crippen LogP contribution in [-0.2, 0) is 11.2 Å². The molecule has 0 aromatic heterocycles. The molecule has 0 saturated heterocycles. The van der Waals surface area contributed by atoms with Gasteiger partial charge < -0.3 is 10.8 Å². The molecule has 4 nitrogen and oxygen atoms in total. The van der Waals surface area contributed by atoms with Crippen molar-refractivity contribution in [2.75, 3.05) is 0 Å². The maximum Gasteiger partial charge on any atom is 0.490 e. The number of halogens is 3. The van der Waals surface area contributed by atoms with Crippen molar-refractivity contribution in [2.45, 2.75) is 64.0 Å². The molecule has 7 heteroatoms. The number of alkyl halides is 3. The highest BCUT2D eigenvalue weighted by Gasteiger charge is 2.38. The second-order valence-electron chi connectivity index (χ2n) is 6.57. The van der Waals surface area contributed by atoms with Gasteiger partial charge in [0.15, 0.2) is 0 Å². The number of aliphatic carboxylic acids is 1. The number of hydrogen-bond acceptors (Lipinski definition) is 2. The molecule has 3 N–H and O–H groups in total. The van der Waals surface area contributed by atoms with E-state index in [4.69, 9.17) is 15.6 Å². The van der Waals surface area contributed by atoms with Gasteiger partial charge in [0.2, 0.25) is 5.91 Å². The average molecular weight is 373 g/mol. The number of unbranched alkanes of at least 4 members (excludes halogenated alkanes) is 1. The first kappa shape index (κ1) is 22.0. The molecule has 1 saturated carbocycles. The number of carboxylic acids is 1. The largest absolute Gasteiger partial charge is 0.490 e. The van der Waals surface area contributed by atoms with Gasteiger partial charge in [-0.1, -0.05) is 63.1 Å². The molecule has 1 amide bonds. The molecule has 0 unspecified atom stereocenters. The number of primary amides is 1. The maximum atomic E-state index is 11.3. The lowest BCUT2D eigenvalue weighted by Crippen LogP contribution is -2.21. The molecule has 2 rings (SSSR count). The summed E-state index contributed by atoms with van der Waals surface area (Å²) in [6.45, 7) is 0. The fourth-order valence-corrected chi connectivity index (χ4v) is 3.20. The van der Waals surface area contributed by atoms with Crippen molar-refractivity contribution >= 4 is 11.9 Å². The third-order valence-corrected chi connectivity index (χ3v) is 4.56. The Morgan fingerprint density at radius 3 is 2.19 bits per heavy atom. The summed E-state index contributed by atoms with van der Waals surface area (Å²) in [4.78, 5) is 20.2. The van der Waals surface area contributed by atoms with Gasteiger partial charge in [-0.3, -0.25) is 4.79 Å². The number of carbonyl (C=O) groups excluding carboxylic acids is 1. The molecule has 1 fully saturated rings. The Morgan fingerprint density at radius 1 is 1.08 bits per heavy atom. The van der Waals surface area contributed by atoms with E-state index in [0.29, 0.717) is 5.56 Å². The van der Waals surface area contributed by atoms with Gasteiger partial charge in [0.25, 0.3) is 0 Å². The second kappa shape index (κ2) is 10.8. The fourth-order valence-electron chi connectivity index (χ4n) is 3.20. The molecule has 0 aliphatic heterocycles. The molecule has 0 radical (unpaired) electrons. The Balaban J connectivity index is 0.000000412. The Labute approximate surface area is 151 Å².